The Balaban J connectivity index is 0.677. The van der Waals surface area contributed by atoms with E-state index in [1.807, 2.05) is 18.2 Å². The van der Waals surface area contributed by atoms with E-state index in [2.05, 4.69) is 317 Å². The first-order valence-electron chi connectivity index (χ1n) is 31.4. The summed E-state index contributed by atoms with van der Waals surface area (Å²) in [5.74, 6) is 0.650. The lowest BCUT2D eigenvalue weighted by atomic mass is 9.94. The number of benzene rings is 14. The molecule has 6 nitrogen and oxygen atoms in total. The Morgan fingerprint density at radius 1 is 0.228 bits per heavy atom. The van der Waals surface area contributed by atoms with Crippen LogP contribution in [0.3, 0.4) is 0 Å². The van der Waals surface area contributed by atoms with E-state index in [1.54, 1.807) is 0 Å². The van der Waals surface area contributed by atoms with Crippen molar-refractivity contribution in [2.75, 3.05) is 0 Å². The largest absolute Gasteiger partial charge is 0.455 e. The number of para-hydroxylation sites is 5. The second-order valence-corrected chi connectivity index (χ2v) is 24.1. The van der Waals surface area contributed by atoms with Gasteiger partial charge in [0.15, 0.2) is 0 Å². The lowest BCUT2D eigenvalue weighted by Crippen LogP contribution is -2.03. The van der Waals surface area contributed by atoms with Crippen LogP contribution in [0.25, 0.3) is 182 Å². The molecular formula is C86H53N5O. The zero-order valence-electron chi connectivity index (χ0n) is 49.7. The minimum absolute atomic E-state index is 0.650. The number of fused-ring (bicyclic) bond motifs is 14. The lowest BCUT2D eigenvalue weighted by molar-refractivity contribution is 0.673. The number of hydrogen-bond acceptors (Lipinski definition) is 3. The second kappa shape index (κ2) is 20.6. The molecule has 92 heavy (non-hydrogen) atoms. The van der Waals surface area contributed by atoms with E-state index in [-0.39, 0.29) is 0 Å². The maximum Gasteiger partial charge on any atom is 0.235 e. The highest BCUT2D eigenvalue weighted by molar-refractivity contribution is 6.24. The first-order chi connectivity index (χ1) is 45.6. The van der Waals surface area contributed by atoms with Gasteiger partial charge in [0.1, 0.15) is 11.2 Å². The van der Waals surface area contributed by atoms with Crippen LogP contribution in [0.1, 0.15) is 0 Å². The Morgan fingerprint density at radius 2 is 0.663 bits per heavy atom. The minimum atomic E-state index is 0.650. The fraction of sp³-hybridized carbons (Fsp3) is 0. The zero-order valence-corrected chi connectivity index (χ0v) is 49.7. The average Bonchev–Trinajstić information content (AvgIpc) is 1.59. The summed E-state index contributed by atoms with van der Waals surface area (Å²) >= 11 is 0. The van der Waals surface area contributed by atoms with Gasteiger partial charge in [0.2, 0.25) is 5.95 Å². The van der Waals surface area contributed by atoms with Crippen LogP contribution in [-0.2, 0) is 0 Å². The highest BCUT2D eigenvalue weighted by atomic mass is 16.3. The monoisotopic (exact) mass is 1170 g/mol. The topological polar surface area (TPSA) is 53.7 Å². The third-order valence-electron chi connectivity index (χ3n) is 18.8. The molecule has 0 unspecified atom stereocenters. The number of aromatic nitrogens is 5. The summed E-state index contributed by atoms with van der Waals surface area (Å²) in [5.41, 5.74) is 25.0. The molecule has 0 saturated carbocycles. The molecule has 14 aromatic carbocycles. The van der Waals surface area contributed by atoms with Gasteiger partial charge < -0.3 is 13.6 Å². The lowest BCUT2D eigenvalue weighted by Gasteiger charge is -2.15. The Morgan fingerprint density at radius 3 is 1.34 bits per heavy atom. The SMILES string of the molecule is c1ccc(-c2cc(-c3cccc(-c4cccc(-c5cccc(-n6c7ccccc7c7cc(-c8ccc9c(c8)c8ccccc8n9-c8nc(-c9ccccc9)c9ccccc9n8)ccc76)c5)c4)c3)cc(-n3c4ccccc4c4c5oc6ccccc6c5ccc43)c2)cc1. The molecular weight excluding hydrogens is 1120 g/mol. The summed E-state index contributed by atoms with van der Waals surface area (Å²) in [5, 5.41) is 10.3. The van der Waals surface area contributed by atoms with Crippen LogP contribution in [0, 0.1) is 0 Å². The molecule has 5 aromatic heterocycles. The number of rotatable bonds is 9. The van der Waals surface area contributed by atoms with Gasteiger partial charge >= 0.3 is 0 Å². The van der Waals surface area contributed by atoms with Crippen molar-refractivity contribution in [1.82, 2.24) is 23.7 Å². The van der Waals surface area contributed by atoms with Gasteiger partial charge in [-0.15, -0.1) is 0 Å². The zero-order chi connectivity index (χ0) is 60.4. The van der Waals surface area contributed by atoms with E-state index >= 15 is 0 Å². The Labute approximate surface area is 529 Å². The summed E-state index contributed by atoms with van der Waals surface area (Å²) in [7, 11) is 0. The van der Waals surface area contributed by atoms with Gasteiger partial charge in [0.05, 0.1) is 49.7 Å². The van der Waals surface area contributed by atoms with Gasteiger partial charge in [-0.2, -0.15) is 0 Å². The Kier molecular flexibility index (Phi) is 11.6. The second-order valence-electron chi connectivity index (χ2n) is 24.1. The Bertz CT molecular complexity index is 6200. The molecule has 19 aromatic rings. The van der Waals surface area contributed by atoms with Crippen LogP contribution in [0.2, 0.25) is 0 Å². The predicted molar refractivity (Wildman–Crippen MR) is 382 cm³/mol. The molecule has 0 radical (unpaired) electrons. The standard InChI is InChI=1S/C86H53N5O/c1-3-20-54(21-4-1)63-48-64(51-66(50-63)90-78-38-15-10-34-72(78)83-81(90)45-42-70-69-32-11-16-39-82(69)92-85(70)83)59-27-18-25-57(47-59)56-24-17-26-58(46-56)60-28-19-29-65(49-60)89-76-36-13-8-30-67(76)73-52-61(40-43-79(73)89)62-41-44-80-74(53-62)68-31-9-14-37-77(68)91(80)86-87-75-35-12-7-33-71(75)84(88-86)55-22-5-2-6-23-55/h1-53H. The Hall–Kier alpha value is -12.4. The predicted octanol–water partition coefficient (Wildman–Crippen LogP) is 22.8. The van der Waals surface area contributed by atoms with Crippen LogP contribution < -0.4 is 0 Å². The van der Waals surface area contributed by atoms with Crippen molar-refractivity contribution >= 4 is 98.3 Å². The van der Waals surface area contributed by atoms with Crippen molar-refractivity contribution < 1.29 is 4.42 Å². The smallest absolute Gasteiger partial charge is 0.235 e. The molecule has 0 saturated heterocycles. The van der Waals surface area contributed by atoms with Gasteiger partial charge in [-0.1, -0.05) is 212 Å². The molecule has 428 valence electrons. The van der Waals surface area contributed by atoms with E-state index in [0.717, 1.165) is 166 Å². The molecule has 0 fully saturated rings. The van der Waals surface area contributed by atoms with Gasteiger partial charge in [0.25, 0.3) is 0 Å². The van der Waals surface area contributed by atoms with Crippen LogP contribution in [0.5, 0.6) is 0 Å². The third-order valence-corrected chi connectivity index (χ3v) is 18.8. The highest BCUT2D eigenvalue weighted by Crippen LogP contribution is 2.44. The maximum absolute atomic E-state index is 6.70. The number of furan rings is 1. The molecule has 0 bridgehead atoms. The molecule has 0 aliphatic heterocycles. The van der Waals surface area contributed by atoms with Gasteiger partial charge in [-0.25, -0.2) is 9.97 Å². The summed E-state index contributed by atoms with van der Waals surface area (Å²) in [4.78, 5) is 10.5. The third kappa shape index (κ3) is 8.21. The van der Waals surface area contributed by atoms with Crippen LogP contribution in [-0.4, -0.2) is 23.7 Å². The average molecular weight is 1170 g/mol. The molecule has 5 heterocycles. The molecule has 0 N–H and O–H groups in total. The van der Waals surface area contributed by atoms with E-state index < -0.39 is 0 Å². The molecule has 0 atom stereocenters. The van der Waals surface area contributed by atoms with Crippen molar-refractivity contribution in [3.63, 3.8) is 0 Å². The number of hydrogen-bond donors (Lipinski definition) is 0. The van der Waals surface area contributed by atoms with Gasteiger partial charge in [-0.05, 0) is 165 Å². The van der Waals surface area contributed by atoms with E-state index in [1.165, 1.54) is 10.8 Å². The maximum atomic E-state index is 6.70. The molecule has 0 aliphatic rings. The molecule has 0 aliphatic carbocycles. The van der Waals surface area contributed by atoms with Crippen LogP contribution in [0.4, 0.5) is 0 Å². The van der Waals surface area contributed by atoms with Gasteiger partial charge in [0, 0.05) is 60.0 Å². The first-order valence-corrected chi connectivity index (χ1v) is 31.4. The highest BCUT2D eigenvalue weighted by Gasteiger charge is 2.23. The van der Waals surface area contributed by atoms with Crippen molar-refractivity contribution in [2.24, 2.45) is 0 Å². The van der Waals surface area contributed by atoms with Crippen molar-refractivity contribution in [2.45, 2.75) is 0 Å². The minimum Gasteiger partial charge on any atom is -0.455 e. The summed E-state index contributed by atoms with van der Waals surface area (Å²) in [6.07, 6.45) is 0. The summed E-state index contributed by atoms with van der Waals surface area (Å²) < 4.78 is 13.8. The van der Waals surface area contributed by atoms with Crippen molar-refractivity contribution in [1.29, 1.82) is 0 Å². The molecule has 0 amide bonds. The van der Waals surface area contributed by atoms with Crippen molar-refractivity contribution in [3.05, 3.63) is 322 Å². The quantitative estimate of drug-likeness (QED) is 0.145. The van der Waals surface area contributed by atoms with E-state index in [0.29, 0.717) is 5.95 Å². The summed E-state index contributed by atoms with van der Waals surface area (Å²) in [6, 6.07) is 116. The van der Waals surface area contributed by atoms with Crippen molar-refractivity contribution in [3.8, 4) is 84.2 Å². The van der Waals surface area contributed by atoms with E-state index in [4.69, 9.17) is 14.4 Å². The first kappa shape index (κ1) is 51.6. The molecule has 0 spiro atoms. The fourth-order valence-corrected chi connectivity index (χ4v) is 14.6. The van der Waals surface area contributed by atoms with Crippen LogP contribution in [0.15, 0.2) is 326 Å². The van der Waals surface area contributed by atoms with Gasteiger partial charge in [-0.3, -0.25) is 4.57 Å². The fourth-order valence-electron chi connectivity index (χ4n) is 14.6. The number of nitrogens with zero attached hydrogens (tertiary/aromatic N) is 5. The molecule has 6 heteroatoms. The van der Waals surface area contributed by atoms with Crippen LogP contribution >= 0.6 is 0 Å². The van der Waals surface area contributed by atoms with E-state index in [9.17, 15) is 0 Å². The molecule has 19 rings (SSSR count). The summed E-state index contributed by atoms with van der Waals surface area (Å²) in [6.45, 7) is 0. The normalized spacial score (nSPS) is 11.9.